The molecule has 1 unspecified atom stereocenters. The van der Waals surface area contributed by atoms with E-state index in [-0.39, 0.29) is 12.1 Å². The number of hydrogen-bond acceptors (Lipinski definition) is 2. The summed E-state index contributed by atoms with van der Waals surface area (Å²) in [5.41, 5.74) is 0. The minimum absolute atomic E-state index is 0.0523. The average molecular weight is 255 g/mol. The largest absolute Gasteiger partial charge is 0.359 e. The van der Waals surface area contributed by atoms with Gasteiger partial charge in [-0.15, -0.1) is 0 Å². The van der Waals surface area contributed by atoms with Gasteiger partial charge in [0.2, 0.25) is 5.91 Å². The number of carbonyl (C=O) groups excluding carboxylic acids is 1. The molecule has 1 N–H and O–H groups in total. The Kier molecular flexibility index (Phi) is 8.92. The van der Waals surface area contributed by atoms with E-state index in [0.29, 0.717) is 6.42 Å². The quantitative estimate of drug-likeness (QED) is 0.777. The zero-order valence-electron chi connectivity index (χ0n) is 11.9. The van der Waals surface area contributed by atoms with Gasteiger partial charge in [0.05, 0.1) is 0 Å². The van der Waals surface area contributed by atoms with Crippen molar-refractivity contribution in [3.8, 4) is 0 Å². The van der Waals surface area contributed by atoms with Crippen LogP contribution < -0.4 is 5.32 Å². The van der Waals surface area contributed by atoms with Crippen LogP contribution in [0.15, 0.2) is 0 Å². The van der Waals surface area contributed by atoms with Gasteiger partial charge in [-0.3, -0.25) is 4.79 Å². The third-order valence-corrected chi connectivity index (χ3v) is 3.51. The summed E-state index contributed by atoms with van der Waals surface area (Å²) in [5, 5.41) is 3.03. The van der Waals surface area contributed by atoms with E-state index in [0.717, 1.165) is 38.7 Å². The first kappa shape index (κ1) is 15.5. The summed E-state index contributed by atoms with van der Waals surface area (Å²) >= 11 is 0. The molecule has 0 saturated carbocycles. The van der Waals surface area contributed by atoms with Gasteiger partial charge in [-0.1, -0.05) is 45.4 Å². The lowest BCUT2D eigenvalue weighted by Crippen LogP contribution is -2.37. The molecule has 18 heavy (non-hydrogen) atoms. The maximum Gasteiger partial charge on any atom is 0.221 e. The summed E-state index contributed by atoms with van der Waals surface area (Å²) in [6.07, 6.45) is 12.4. The van der Waals surface area contributed by atoms with Gasteiger partial charge in [0, 0.05) is 13.0 Å². The first-order valence-electron chi connectivity index (χ1n) is 7.74. The van der Waals surface area contributed by atoms with Crippen LogP contribution >= 0.6 is 0 Å². The predicted molar refractivity (Wildman–Crippen MR) is 74.3 cm³/mol. The number of ether oxygens (including phenoxy) is 1. The summed E-state index contributed by atoms with van der Waals surface area (Å²) < 4.78 is 5.77. The molecule has 1 fully saturated rings. The topological polar surface area (TPSA) is 38.3 Å². The van der Waals surface area contributed by atoms with Gasteiger partial charge >= 0.3 is 0 Å². The van der Waals surface area contributed by atoms with Crippen LogP contribution in [0.1, 0.15) is 77.6 Å². The van der Waals surface area contributed by atoms with E-state index in [1.165, 1.54) is 32.1 Å². The lowest BCUT2D eigenvalue weighted by atomic mass is 10.1. The third-order valence-electron chi connectivity index (χ3n) is 3.51. The zero-order valence-corrected chi connectivity index (χ0v) is 11.9. The standard InChI is InChI=1S/C15H29NO2/c1-2-3-13-18-15-12-10-8-6-4-5-7-9-11-14(17)16-15/h15H,2-13H2,1H3,(H,16,17). The van der Waals surface area contributed by atoms with Crippen molar-refractivity contribution in [2.24, 2.45) is 0 Å². The van der Waals surface area contributed by atoms with Crippen LogP contribution in [0.5, 0.6) is 0 Å². The molecule has 0 aromatic rings. The van der Waals surface area contributed by atoms with Gasteiger partial charge < -0.3 is 10.1 Å². The maximum atomic E-state index is 11.8. The Morgan fingerprint density at radius 1 is 1.11 bits per heavy atom. The fourth-order valence-corrected chi connectivity index (χ4v) is 2.32. The number of hydrogen-bond donors (Lipinski definition) is 1. The third kappa shape index (κ3) is 7.70. The van der Waals surface area contributed by atoms with Gasteiger partial charge in [0.1, 0.15) is 6.23 Å². The molecule has 0 aliphatic carbocycles. The van der Waals surface area contributed by atoms with Crippen LogP contribution in [0.2, 0.25) is 0 Å². The highest BCUT2D eigenvalue weighted by Gasteiger charge is 2.12. The van der Waals surface area contributed by atoms with Crippen molar-refractivity contribution in [2.75, 3.05) is 6.61 Å². The van der Waals surface area contributed by atoms with Gasteiger partial charge in [-0.2, -0.15) is 0 Å². The number of nitrogens with one attached hydrogen (secondary N) is 1. The second-order valence-corrected chi connectivity index (χ2v) is 5.29. The van der Waals surface area contributed by atoms with E-state index >= 15 is 0 Å². The van der Waals surface area contributed by atoms with Crippen LogP contribution in [-0.2, 0) is 9.53 Å². The first-order chi connectivity index (χ1) is 8.83. The second-order valence-electron chi connectivity index (χ2n) is 5.29. The molecule has 106 valence electrons. The Morgan fingerprint density at radius 2 is 1.78 bits per heavy atom. The summed E-state index contributed by atoms with van der Waals surface area (Å²) in [5.74, 6) is 0.164. The fraction of sp³-hybridized carbons (Fsp3) is 0.933. The monoisotopic (exact) mass is 255 g/mol. The number of carbonyl (C=O) groups is 1. The van der Waals surface area contributed by atoms with Crippen molar-refractivity contribution < 1.29 is 9.53 Å². The smallest absolute Gasteiger partial charge is 0.221 e. The van der Waals surface area contributed by atoms with Crippen molar-refractivity contribution in [1.29, 1.82) is 0 Å². The molecule has 1 aliphatic rings. The molecule has 1 rings (SSSR count). The number of unbranched alkanes of at least 4 members (excludes halogenated alkanes) is 1. The van der Waals surface area contributed by atoms with Gasteiger partial charge in [0.15, 0.2) is 0 Å². The van der Waals surface area contributed by atoms with Crippen molar-refractivity contribution in [2.45, 2.75) is 83.8 Å². The Balaban J connectivity index is 2.32. The Bertz CT molecular complexity index is 219. The highest BCUT2D eigenvalue weighted by atomic mass is 16.5. The Hall–Kier alpha value is -0.570. The minimum Gasteiger partial charge on any atom is -0.359 e. The molecule has 1 heterocycles. The normalized spacial score (nSPS) is 23.8. The molecule has 0 bridgehead atoms. The highest BCUT2D eigenvalue weighted by Crippen LogP contribution is 2.13. The van der Waals surface area contributed by atoms with Crippen molar-refractivity contribution >= 4 is 5.91 Å². The minimum atomic E-state index is -0.0523. The van der Waals surface area contributed by atoms with E-state index in [9.17, 15) is 4.79 Å². The van der Waals surface area contributed by atoms with E-state index in [4.69, 9.17) is 4.74 Å². The molecule has 0 aromatic heterocycles. The molecule has 1 saturated heterocycles. The molecular formula is C15H29NO2. The van der Waals surface area contributed by atoms with Gasteiger partial charge in [0.25, 0.3) is 0 Å². The van der Waals surface area contributed by atoms with E-state index in [2.05, 4.69) is 12.2 Å². The van der Waals surface area contributed by atoms with Crippen molar-refractivity contribution in [1.82, 2.24) is 5.32 Å². The lowest BCUT2D eigenvalue weighted by Gasteiger charge is -2.20. The van der Waals surface area contributed by atoms with Crippen LogP contribution in [0.25, 0.3) is 0 Å². The number of rotatable bonds is 4. The summed E-state index contributed by atoms with van der Waals surface area (Å²) in [4.78, 5) is 11.8. The molecule has 3 nitrogen and oxygen atoms in total. The van der Waals surface area contributed by atoms with Crippen molar-refractivity contribution in [3.05, 3.63) is 0 Å². The Morgan fingerprint density at radius 3 is 2.50 bits per heavy atom. The van der Waals surface area contributed by atoms with Crippen LogP contribution in [-0.4, -0.2) is 18.7 Å². The predicted octanol–water partition coefficient (Wildman–Crippen LogP) is 3.77. The van der Waals surface area contributed by atoms with Crippen molar-refractivity contribution in [3.63, 3.8) is 0 Å². The second kappa shape index (κ2) is 10.4. The van der Waals surface area contributed by atoms with Gasteiger partial charge in [-0.05, 0) is 25.7 Å². The summed E-state index contributed by atoms with van der Waals surface area (Å²) in [6.45, 7) is 2.92. The summed E-state index contributed by atoms with van der Waals surface area (Å²) in [6, 6.07) is 0. The fourth-order valence-electron chi connectivity index (χ4n) is 2.32. The molecule has 0 spiro atoms. The highest BCUT2D eigenvalue weighted by molar-refractivity contribution is 5.75. The van der Waals surface area contributed by atoms with Gasteiger partial charge in [-0.25, -0.2) is 0 Å². The molecular weight excluding hydrogens is 226 g/mol. The zero-order chi connectivity index (χ0) is 13.1. The summed E-state index contributed by atoms with van der Waals surface area (Å²) in [7, 11) is 0. The molecule has 0 radical (unpaired) electrons. The average Bonchev–Trinajstić information content (AvgIpc) is 2.34. The van der Waals surface area contributed by atoms with Crippen LogP contribution in [0.4, 0.5) is 0 Å². The van der Waals surface area contributed by atoms with E-state index in [1.54, 1.807) is 0 Å². The maximum absolute atomic E-state index is 11.8. The first-order valence-corrected chi connectivity index (χ1v) is 7.74. The Labute approximate surface area is 112 Å². The van der Waals surface area contributed by atoms with E-state index in [1.807, 2.05) is 0 Å². The molecule has 1 atom stereocenters. The van der Waals surface area contributed by atoms with Crippen LogP contribution in [0, 0.1) is 0 Å². The van der Waals surface area contributed by atoms with E-state index < -0.39 is 0 Å². The molecule has 3 heteroatoms. The molecule has 1 aliphatic heterocycles. The molecule has 0 aromatic carbocycles. The SMILES string of the molecule is CCCCOC1CCCCCCCCCC(=O)N1. The van der Waals surface area contributed by atoms with Crippen LogP contribution in [0.3, 0.4) is 0 Å². The molecule has 1 amide bonds. The lowest BCUT2D eigenvalue weighted by molar-refractivity contribution is -0.126. The number of amides is 1.